The molecule has 0 fully saturated rings. The van der Waals surface area contributed by atoms with Crippen molar-refractivity contribution in [3.63, 3.8) is 0 Å². The van der Waals surface area contributed by atoms with Crippen LogP contribution in [0.5, 0.6) is 0 Å². The molecule has 0 radical (unpaired) electrons. The highest BCUT2D eigenvalue weighted by Crippen LogP contribution is 2.14. The van der Waals surface area contributed by atoms with Crippen LogP contribution in [0, 0.1) is 16.7 Å². The van der Waals surface area contributed by atoms with Gasteiger partial charge in [0.15, 0.2) is 0 Å². The zero-order valence-electron chi connectivity index (χ0n) is 12.9. The van der Waals surface area contributed by atoms with E-state index in [-0.39, 0.29) is 11.8 Å². The van der Waals surface area contributed by atoms with E-state index < -0.39 is 11.5 Å². The van der Waals surface area contributed by atoms with Crippen LogP contribution in [0.15, 0.2) is 24.3 Å². The van der Waals surface area contributed by atoms with Crippen LogP contribution in [0.1, 0.15) is 33.3 Å². The first kappa shape index (κ1) is 16.7. The molecule has 5 nitrogen and oxygen atoms in total. The van der Waals surface area contributed by atoms with Gasteiger partial charge in [-0.2, -0.15) is 5.26 Å². The Hall–Kier alpha value is -2.35. The Labute approximate surface area is 125 Å². The van der Waals surface area contributed by atoms with Crippen molar-refractivity contribution in [2.24, 2.45) is 5.41 Å². The van der Waals surface area contributed by atoms with E-state index in [0.717, 1.165) is 5.56 Å². The Kier molecular flexibility index (Phi) is 5.48. The molecule has 0 aliphatic carbocycles. The van der Waals surface area contributed by atoms with Crippen LogP contribution in [0.4, 0.5) is 5.69 Å². The number of nitrogens with zero attached hydrogens (tertiary/aromatic N) is 1. The summed E-state index contributed by atoms with van der Waals surface area (Å²) in [4.78, 5) is 23.8. The van der Waals surface area contributed by atoms with E-state index in [9.17, 15) is 9.59 Å². The van der Waals surface area contributed by atoms with Crippen molar-refractivity contribution in [1.29, 1.82) is 5.26 Å². The molecule has 0 aromatic heterocycles. The number of rotatable bonds is 4. The van der Waals surface area contributed by atoms with Crippen LogP contribution >= 0.6 is 0 Å². The number of carbonyl (C=O) groups is 2. The van der Waals surface area contributed by atoms with Gasteiger partial charge in [-0.15, -0.1) is 0 Å². The lowest BCUT2D eigenvalue weighted by Gasteiger charge is -2.21. The zero-order chi connectivity index (χ0) is 16.0. The van der Waals surface area contributed by atoms with E-state index in [1.165, 1.54) is 0 Å². The van der Waals surface area contributed by atoms with Crippen molar-refractivity contribution >= 4 is 17.5 Å². The molecule has 0 aliphatic heterocycles. The Morgan fingerprint density at radius 2 is 1.81 bits per heavy atom. The normalized spacial score (nSPS) is 12.1. The molecule has 112 valence electrons. The third-order valence-electron chi connectivity index (χ3n) is 2.93. The molecule has 1 rings (SSSR count). The first-order valence-electron chi connectivity index (χ1n) is 6.82. The highest BCUT2D eigenvalue weighted by molar-refractivity contribution is 5.97. The van der Waals surface area contributed by atoms with Gasteiger partial charge in [-0.05, 0) is 24.6 Å². The number of nitriles is 1. The summed E-state index contributed by atoms with van der Waals surface area (Å²) in [6.07, 6.45) is 0.340. The summed E-state index contributed by atoms with van der Waals surface area (Å²) in [5.74, 6) is -0.449. The van der Waals surface area contributed by atoms with E-state index in [0.29, 0.717) is 12.1 Å². The maximum Gasteiger partial charge on any atom is 0.246 e. The van der Waals surface area contributed by atoms with Gasteiger partial charge in [0, 0.05) is 11.1 Å². The van der Waals surface area contributed by atoms with Crippen molar-refractivity contribution < 1.29 is 9.59 Å². The number of hydrogen-bond acceptors (Lipinski definition) is 3. The Bertz CT molecular complexity index is 550. The van der Waals surface area contributed by atoms with E-state index in [2.05, 4.69) is 16.7 Å². The molecule has 1 aromatic carbocycles. The van der Waals surface area contributed by atoms with Crippen molar-refractivity contribution in [3.8, 4) is 6.07 Å². The molecule has 0 saturated heterocycles. The van der Waals surface area contributed by atoms with Crippen LogP contribution in [0.3, 0.4) is 0 Å². The average molecular weight is 287 g/mol. The second-order valence-corrected chi connectivity index (χ2v) is 5.97. The maximum atomic E-state index is 12.0. The predicted molar refractivity (Wildman–Crippen MR) is 81.4 cm³/mol. The van der Waals surface area contributed by atoms with Crippen LogP contribution < -0.4 is 10.6 Å². The largest absolute Gasteiger partial charge is 0.344 e. The van der Waals surface area contributed by atoms with Gasteiger partial charge in [-0.1, -0.05) is 32.9 Å². The number of hydrogen-bond donors (Lipinski definition) is 2. The molecule has 5 heteroatoms. The minimum Gasteiger partial charge on any atom is -0.344 e. The first-order chi connectivity index (χ1) is 9.74. The van der Waals surface area contributed by atoms with Gasteiger partial charge in [0.1, 0.15) is 6.04 Å². The molecule has 0 saturated carbocycles. The summed E-state index contributed by atoms with van der Waals surface area (Å²) in [7, 11) is 0. The quantitative estimate of drug-likeness (QED) is 0.891. The average Bonchev–Trinajstić information content (AvgIpc) is 2.40. The molecular weight excluding hydrogens is 266 g/mol. The SMILES string of the molecule is CC(NC(=O)C(C)(C)C)C(=O)Nc1ccc(CC#N)cc1. The third-order valence-corrected chi connectivity index (χ3v) is 2.93. The Morgan fingerprint density at radius 1 is 1.24 bits per heavy atom. The lowest BCUT2D eigenvalue weighted by molar-refractivity contribution is -0.131. The molecule has 2 N–H and O–H groups in total. The molecule has 0 bridgehead atoms. The molecule has 0 aliphatic rings. The summed E-state index contributed by atoms with van der Waals surface area (Å²) < 4.78 is 0. The summed E-state index contributed by atoms with van der Waals surface area (Å²) in [6.45, 7) is 7.02. The number of nitrogens with one attached hydrogen (secondary N) is 2. The minimum atomic E-state index is -0.615. The van der Waals surface area contributed by atoms with Gasteiger partial charge in [0.2, 0.25) is 11.8 Å². The highest BCUT2D eigenvalue weighted by Gasteiger charge is 2.25. The second kappa shape index (κ2) is 6.89. The Morgan fingerprint density at radius 3 is 2.29 bits per heavy atom. The van der Waals surface area contributed by atoms with Gasteiger partial charge < -0.3 is 10.6 Å². The summed E-state index contributed by atoms with van der Waals surface area (Å²) >= 11 is 0. The maximum absolute atomic E-state index is 12.0. The van der Waals surface area contributed by atoms with Gasteiger partial charge in [0.25, 0.3) is 0 Å². The number of carbonyl (C=O) groups excluding carboxylic acids is 2. The van der Waals surface area contributed by atoms with Crippen LogP contribution in [0.2, 0.25) is 0 Å². The highest BCUT2D eigenvalue weighted by atomic mass is 16.2. The van der Waals surface area contributed by atoms with E-state index in [1.807, 2.05) is 0 Å². The summed E-state index contributed by atoms with van der Waals surface area (Å²) in [5.41, 5.74) is 0.996. The lowest BCUT2D eigenvalue weighted by Crippen LogP contribution is -2.46. The zero-order valence-corrected chi connectivity index (χ0v) is 12.9. The molecule has 1 unspecified atom stereocenters. The fourth-order valence-corrected chi connectivity index (χ4v) is 1.53. The van der Waals surface area contributed by atoms with Gasteiger partial charge >= 0.3 is 0 Å². The van der Waals surface area contributed by atoms with E-state index in [4.69, 9.17) is 5.26 Å². The number of anilines is 1. The number of benzene rings is 1. The Balaban J connectivity index is 2.60. The van der Waals surface area contributed by atoms with Crippen LogP contribution in [-0.2, 0) is 16.0 Å². The predicted octanol–water partition coefficient (Wildman–Crippen LogP) is 2.24. The van der Waals surface area contributed by atoms with Gasteiger partial charge in [-0.3, -0.25) is 9.59 Å². The fourth-order valence-electron chi connectivity index (χ4n) is 1.53. The number of amides is 2. The summed E-state index contributed by atoms with van der Waals surface area (Å²) in [5, 5.41) is 14.0. The van der Waals surface area contributed by atoms with Gasteiger partial charge in [0.05, 0.1) is 12.5 Å². The van der Waals surface area contributed by atoms with Crippen molar-refractivity contribution in [3.05, 3.63) is 29.8 Å². The minimum absolute atomic E-state index is 0.172. The van der Waals surface area contributed by atoms with Crippen LogP contribution in [-0.4, -0.2) is 17.9 Å². The molecule has 2 amide bonds. The van der Waals surface area contributed by atoms with Crippen molar-refractivity contribution in [1.82, 2.24) is 5.32 Å². The summed E-state index contributed by atoms with van der Waals surface area (Å²) in [6, 6.07) is 8.50. The van der Waals surface area contributed by atoms with Crippen molar-refractivity contribution in [2.75, 3.05) is 5.32 Å². The molecule has 1 atom stereocenters. The van der Waals surface area contributed by atoms with Crippen molar-refractivity contribution in [2.45, 2.75) is 40.2 Å². The smallest absolute Gasteiger partial charge is 0.246 e. The topological polar surface area (TPSA) is 82.0 Å². The monoisotopic (exact) mass is 287 g/mol. The molecule has 0 heterocycles. The lowest BCUT2D eigenvalue weighted by atomic mass is 9.95. The van der Waals surface area contributed by atoms with Gasteiger partial charge in [-0.25, -0.2) is 0 Å². The molecular formula is C16H21N3O2. The third kappa shape index (κ3) is 5.27. The van der Waals surface area contributed by atoms with Crippen LogP contribution in [0.25, 0.3) is 0 Å². The van der Waals surface area contributed by atoms with E-state index in [1.54, 1.807) is 52.0 Å². The molecule has 0 spiro atoms. The second-order valence-electron chi connectivity index (χ2n) is 5.97. The first-order valence-corrected chi connectivity index (χ1v) is 6.82. The molecule has 21 heavy (non-hydrogen) atoms. The fraction of sp³-hybridized carbons (Fsp3) is 0.438. The standard InChI is InChI=1S/C16H21N3O2/c1-11(18-15(21)16(2,3)4)14(20)19-13-7-5-12(6-8-13)9-10-17/h5-8,11H,9H2,1-4H3,(H,18,21)(H,19,20). The van der Waals surface area contributed by atoms with E-state index >= 15 is 0 Å². The molecule has 1 aromatic rings.